The third-order valence-electron chi connectivity index (χ3n) is 9.61. The van der Waals surface area contributed by atoms with Crippen LogP contribution in [0.3, 0.4) is 0 Å². The number of halogens is 3. The highest BCUT2D eigenvalue weighted by molar-refractivity contribution is 6.74. The Labute approximate surface area is 243 Å². The third kappa shape index (κ3) is 5.46. The molecule has 0 N–H and O–H groups in total. The lowest BCUT2D eigenvalue weighted by Gasteiger charge is -2.46. The summed E-state index contributed by atoms with van der Waals surface area (Å²) in [5.74, 6) is 0. The van der Waals surface area contributed by atoms with Crippen molar-refractivity contribution in [3.8, 4) is 0 Å². The van der Waals surface area contributed by atoms with Gasteiger partial charge in [0.05, 0.1) is 23.0 Å². The maximum absolute atomic E-state index is 13.4. The summed E-state index contributed by atoms with van der Waals surface area (Å²) in [4.78, 5) is 5.28. The Kier molecular flexibility index (Phi) is 7.45. The molecule has 1 aliphatic carbocycles. The minimum absolute atomic E-state index is 0.0112. The fourth-order valence-electron chi connectivity index (χ4n) is 6.47. The van der Waals surface area contributed by atoms with Gasteiger partial charge in [-0.1, -0.05) is 53.3 Å². The van der Waals surface area contributed by atoms with Crippen LogP contribution in [0.4, 0.5) is 13.2 Å². The molecule has 8 heteroatoms. The van der Waals surface area contributed by atoms with Gasteiger partial charge in [-0.2, -0.15) is 13.2 Å². The Bertz CT molecular complexity index is 1340. The molecule has 2 aliphatic heterocycles. The molecular formula is C33H44F3NO3Si. The molecule has 0 radical (unpaired) electrons. The number of fused-ring (bicyclic) bond motifs is 4. The summed E-state index contributed by atoms with van der Waals surface area (Å²) < 4.78 is 60.4. The molecule has 3 heterocycles. The summed E-state index contributed by atoms with van der Waals surface area (Å²) >= 11 is 0. The largest absolute Gasteiger partial charge is 0.416 e. The van der Waals surface area contributed by atoms with Gasteiger partial charge in [0.15, 0.2) is 8.32 Å². The number of nitrogens with zero attached hydrogens (tertiary/aromatic N) is 1. The van der Waals surface area contributed by atoms with Gasteiger partial charge in [0.25, 0.3) is 0 Å². The number of hydrogen-bond donors (Lipinski definition) is 0. The van der Waals surface area contributed by atoms with E-state index in [1.54, 1.807) is 12.1 Å². The molecule has 0 saturated carbocycles. The van der Waals surface area contributed by atoms with E-state index >= 15 is 0 Å². The number of allylic oxidation sites excluding steroid dienone is 1. The summed E-state index contributed by atoms with van der Waals surface area (Å²) in [5, 5.41) is 0.0264. The SMILES string of the molecule is C=C(C)c1nc2c(c3c1[C@@H](c1ccc(C(F)(F)F)cc1)OC31CCOCC1)C(O[Si](C)(C)C(C)(C)C)CC(C)(C)C2. The van der Waals surface area contributed by atoms with Crippen LogP contribution in [0, 0.1) is 5.41 Å². The van der Waals surface area contributed by atoms with Crippen molar-refractivity contribution in [1.82, 2.24) is 4.98 Å². The first kappa shape index (κ1) is 30.5. The quantitative estimate of drug-likeness (QED) is 0.334. The maximum Gasteiger partial charge on any atom is 0.416 e. The predicted molar refractivity (Wildman–Crippen MR) is 158 cm³/mol. The van der Waals surface area contributed by atoms with Gasteiger partial charge in [-0.3, -0.25) is 4.98 Å². The first-order valence-corrected chi connectivity index (χ1v) is 17.6. The van der Waals surface area contributed by atoms with E-state index in [9.17, 15) is 13.2 Å². The molecule has 2 aromatic rings. The zero-order valence-corrected chi connectivity index (χ0v) is 26.7. The second-order valence-corrected chi connectivity index (χ2v) is 19.3. The van der Waals surface area contributed by atoms with E-state index < -0.39 is 31.8 Å². The number of aromatic nitrogens is 1. The van der Waals surface area contributed by atoms with Crippen molar-refractivity contribution >= 4 is 13.9 Å². The van der Waals surface area contributed by atoms with Gasteiger partial charge in [0, 0.05) is 42.9 Å². The Hall–Kier alpha value is -2.00. The molecule has 1 fully saturated rings. The minimum Gasteiger partial charge on any atom is -0.410 e. The monoisotopic (exact) mass is 587 g/mol. The van der Waals surface area contributed by atoms with Gasteiger partial charge < -0.3 is 13.9 Å². The van der Waals surface area contributed by atoms with Crippen LogP contribution in [0.25, 0.3) is 5.57 Å². The van der Waals surface area contributed by atoms with Crippen LogP contribution in [-0.4, -0.2) is 26.5 Å². The van der Waals surface area contributed by atoms with Gasteiger partial charge in [0.2, 0.25) is 0 Å². The normalized spacial score (nSPS) is 23.8. The molecule has 1 unspecified atom stereocenters. The lowest BCUT2D eigenvalue weighted by molar-refractivity contribution is -0.137. The van der Waals surface area contributed by atoms with Gasteiger partial charge in [-0.15, -0.1) is 0 Å². The average molecular weight is 588 g/mol. The highest BCUT2D eigenvalue weighted by Gasteiger charge is 2.53. The molecule has 0 amide bonds. The molecule has 1 spiro atoms. The summed E-state index contributed by atoms with van der Waals surface area (Å²) in [6, 6.07) is 5.38. The zero-order valence-electron chi connectivity index (χ0n) is 25.7. The molecule has 1 aromatic carbocycles. The number of pyridine rings is 1. The standard InChI is InChI=1S/C33H44F3NO3Si/c1-20(2)28-26-27(25-23(37-28)18-31(6,7)19-24(25)40-41(8,9)30(3,4)5)32(14-16-38-17-15-32)39-29(26)21-10-12-22(13-11-21)33(34,35)36/h10-13,24,29H,1,14-19H2,2-9H3/t24?,29-/m1/s1. The fraction of sp³-hybridized carbons (Fsp3) is 0.606. The van der Waals surface area contributed by atoms with Gasteiger partial charge >= 0.3 is 6.18 Å². The highest BCUT2D eigenvalue weighted by Crippen LogP contribution is 2.59. The molecule has 41 heavy (non-hydrogen) atoms. The molecule has 224 valence electrons. The highest BCUT2D eigenvalue weighted by atomic mass is 28.4. The molecule has 0 bridgehead atoms. The lowest BCUT2D eigenvalue weighted by Crippen LogP contribution is -2.45. The number of hydrogen-bond acceptors (Lipinski definition) is 4. The number of alkyl halides is 3. The average Bonchev–Trinajstić information content (AvgIpc) is 3.15. The Balaban J connectivity index is 1.77. The smallest absolute Gasteiger partial charge is 0.410 e. The molecular weight excluding hydrogens is 543 g/mol. The van der Waals surface area contributed by atoms with E-state index in [4.69, 9.17) is 18.9 Å². The Morgan fingerprint density at radius 2 is 1.66 bits per heavy atom. The predicted octanol–water partition coefficient (Wildman–Crippen LogP) is 9.29. The van der Waals surface area contributed by atoms with E-state index in [1.807, 2.05) is 6.92 Å². The van der Waals surface area contributed by atoms with Crippen molar-refractivity contribution in [2.75, 3.05) is 13.2 Å². The van der Waals surface area contributed by atoms with Crippen LogP contribution in [0.2, 0.25) is 18.1 Å². The van der Waals surface area contributed by atoms with Crippen LogP contribution in [-0.2, 0) is 32.1 Å². The zero-order chi connectivity index (χ0) is 30.2. The number of rotatable bonds is 4. The maximum atomic E-state index is 13.4. The third-order valence-corrected chi connectivity index (χ3v) is 14.1. The van der Waals surface area contributed by atoms with Crippen LogP contribution in [0.15, 0.2) is 30.8 Å². The van der Waals surface area contributed by atoms with E-state index in [-0.39, 0.29) is 16.6 Å². The van der Waals surface area contributed by atoms with Crippen molar-refractivity contribution in [2.45, 2.75) is 109 Å². The van der Waals surface area contributed by atoms with Crippen molar-refractivity contribution in [3.63, 3.8) is 0 Å². The van der Waals surface area contributed by atoms with Crippen molar-refractivity contribution in [2.24, 2.45) is 5.41 Å². The van der Waals surface area contributed by atoms with E-state index in [0.29, 0.717) is 31.6 Å². The molecule has 1 aromatic heterocycles. The van der Waals surface area contributed by atoms with E-state index in [1.165, 1.54) is 0 Å². The Morgan fingerprint density at radius 3 is 2.20 bits per heavy atom. The van der Waals surface area contributed by atoms with Crippen LogP contribution in [0.1, 0.15) is 112 Å². The molecule has 3 aliphatic rings. The van der Waals surface area contributed by atoms with Crippen LogP contribution in [0.5, 0.6) is 0 Å². The number of ether oxygens (including phenoxy) is 2. The second-order valence-electron chi connectivity index (χ2n) is 14.5. The van der Waals surface area contributed by atoms with Crippen LogP contribution >= 0.6 is 0 Å². The van der Waals surface area contributed by atoms with Crippen LogP contribution < -0.4 is 0 Å². The summed E-state index contributed by atoms with van der Waals surface area (Å²) in [7, 11) is -2.17. The Morgan fingerprint density at radius 1 is 1.05 bits per heavy atom. The minimum atomic E-state index is -4.40. The summed E-state index contributed by atoms with van der Waals surface area (Å²) in [6.45, 7) is 23.2. The number of benzene rings is 1. The first-order valence-electron chi connectivity index (χ1n) is 14.7. The summed E-state index contributed by atoms with van der Waals surface area (Å²) in [5.41, 5.74) is 5.19. The molecule has 5 rings (SSSR count). The van der Waals surface area contributed by atoms with Gasteiger partial charge in [0.1, 0.15) is 6.10 Å². The topological polar surface area (TPSA) is 40.6 Å². The van der Waals surface area contributed by atoms with E-state index in [0.717, 1.165) is 58.6 Å². The van der Waals surface area contributed by atoms with E-state index in [2.05, 4.69) is 54.3 Å². The van der Waals surface area contributed by atoms with Gasteiger partial charge in [-0.25, -0.2) is 0 Å². The molecule has 2 atom stereocenters. The van der Waals surface area contributed by atoms with Crippen molar-refractivity contribution < 1.29 is 27.1 Å². The molecule has 4 nitrogen and oxygen atoms in total. The molecule has 1 saturated heterocycles. The first-order chi connectivity index (χ1) is 18.9. The van der Waals surface area contributed by atoms with Gasteiger partial charge in [-0.05, 0) is 72.1 Å². The van der Waals surface area contributed by atoms with Crippen molar-refractivity contribution in [1.29, 1.82) is 0 Å². The summed E-state index contributed by atoms with van der Waals surface area (Å²) in [6.07, 6.45) is -2.10. The lowest BCUT2D eigenvalue weighted by atomic mass is 9.70. The fourth-order valence-corrected chi connectivity index (χ4v) is 7.74. The second kappa shape index (κ2) is 10.0. The van der Waals surface area contributed by atoms with Crippen molar-refractivity contribution in [3.05, 3.63) is 70.0 Å².